The van der Waals surface area contributed by atoms with Crippen LogP contribution in [-0.4, -0.2) is 36.0 Å². The highest BCUT2D eigenvalue weighted by molar-refractivity contribution is 6.42. The molecule has 0 aliphatic heterocycles. The fraction of sp³-hybridized carbons (Fsp3) is 0.300. The molecule has 28 heavy (non-hydrogen) atoms. The highest BCUT2D eigenvalue weighted by atomic mass is 35.5. The maximum absolute atomic E-state index is 13.8. The Hall–Kier alpha value is -2.31. The van der Waals surface area contributed by atoms with E-state index in [1.165, 1.54) is 24.1 Å². The van der Waals surface area contributed by atoms with Crippen LogP contribution in [0.1, 0.15) is 29.9 Å². The van der Waals surface area contributed by atoms with Crippen molar-refractivity contribution in [2.75, 3.05) is 14.2 Å². The molecular formula is C20H20Cl2FNO4. The van der Waals surface area contributed by atoms with Gasteiger partial charge in [-0.1, -0.05) is 35.3 Å². The zero-order valence-corrected chi connectivity index (χ0v) is 16.9. The van der Waals surface area contributed by atoms with Gasteiger partial charge in [-0.05, 0) is 35.4 Å². The number of carbonyl (C=O) groups excluding carboxylic acids is 1. The van der Waals surface area contributed by atoms with Gasteiger partial charge in [0.05, 0.1) is 23.6 Å². The minimum Gasteiger partial charge on any atom is -0.494 e. The van der Waals surface area contributed by atoms with Gasteiger partial charge in [0.25, 0.3) is 0 Å². The number of ether oxygens (including phenoxy) is 1. The molecule has 8 heteroatoms. The number of nitrogens with zero attached hydrogens (tertiary/aromatic N) is 1. The van der Waals surface area contributed by atoms with Crippen LogP contribution < -0.4 is 4.74 Å². The monoisotopic (exact) mass is 427 g/mol. The van der Waals surface area contributed by atoms with Gasteiger partial charge >= 0.3 is 5.97 Å². The van der Waals surface area contributed by atoms with E-state index >= 15 is 0 Å². The summed E-state index contributed by atoms with van der Waals surface area (Å²) in [7, 11) is 2.95. The number of rotatable bonds is 8. The predicted molar refractivity (Wildman–Crippen MR) is 105 cm³/mol. The van der Waals surface area contributed by atoms with Crippen molar-refractivity contribution in [3.05, 3.63) is 63.4 Å². The van der Waals surface area contributed by atoms with E-state index in [9.17, 15) is 19.1 Å². The van der Waals surface area contributed by atoms with E-state index < -0.39 is 17.7 Å². The molecule has 0 spiro atoms. The van der Waals surface area contributed by atoms with Gasteiger partial charge in [0, 0.05) is 25.9 Å². The molecule has 0 heterocycles. The van der Waals surface area contributed by atoms with Crippen LogP contribution in [0.3, 0.4) is 0 Å². The lowest BCUT2D eigenvalue weighted by atomic mass is 9.92. The summed E-state index contributed by atoms with van der Waals surface area (Å²) in [6, 6.07) is 9.27. The number of hydrogen-bond acceptors (Lipinski definition) is 3. The first-order valence-corrected chi connectivity index (χ1v) is 9.20. The van der Waals surface area contributed by atoms with E-state index in [2.05, 4.69) is 0 Å². The zero-order valence-electron chi connectivity index (χ0n) is 15.4. The lowest BCUT2D eigenvalue weighted by Gasteiger charge is -2.22. The van der Waals surface area contributed by atoms with Crippen molar-refractivity contribution in [1.29, 1.82) is 0 Å². The average Bonchev–Trinajstić information content (AvgIpc) is 2.63. The maximum Gasteiger partial charge on any atom is 0.303 e. The van der Waals surface area contributed by atoms with E-state index in [4.69, 9.17) is 27.9 Å². The third kappa shape index (κ3) is 5.84. The molecule has 0 saturated heterocycles. The molecule has 0 aliphatic carbocycles. The Bertz CT molecular complexity index is 875. The normalized spacial score (nSPS) is 11.8. The third-order valence-electron chi connectivity index (χ3n) is 4.32. The first-order valence-electron chi connectivity index (χ1n) is 8.44. The molecule has 0 radical (unpaired) electrons. The Balaban J connectivity index is 2.12. The number of benzene rings is 2. The van der Waals surface area contributed by atoms with Crippen molar-refractivity contribution in [3.63, 3.8) is 0 Å². The van der Waals surface area contributed by atoms with Gasteiger partial charge in [-0.2, -0.15) is 0 Å². The van der Waals surface area contributed by atoms with E-state index in [1.54, 1.807) is 31.3 Å². The van der Waals surface area contributed by atoms with Gasteiger partial charge in [-0.15, -0.1) is 0 Å². The summed E-state index contributed by atoms with van der Waals surface area (Å²) < 4.78 is 18.7. The number of hydrogen-bond donors (Lipinski definition) is 1. The number of carboxylic acids is 1. The summed E-state index contributed by atoms with van der Waals surface area (Å²) >= 11 is 11.9. The summed E-state index contributed by atoms with van der Waals surface area (Å²) in [4.78, 5) is 25.3. The van der Waals surface area contributed by atoms with Crippen LogP contribution in [0.5, 0.6) is 5.75 Å². The minimum absolute atomic E-state index is 0.0284. The van der Waals surface area contributed by atoms with Crippen molar-refractivity contribution in [1.82, 2.24) is 4.90 Å². The molecule has 1 unspecified atom stereocenters. The average molecular weight is 428 g/mol. The van der Waals surface area contributed by atoms with Crippen molar-refractivity contribution in [2.24, 2.45) is 0 Å². The van der Waals surface area contributed by atoms with Gasteiger partial charge in [0.15, 0.2) is 11.6 Å². The second-order valence-electron chi connectivity index (χ2n) is 6.39. The summed E-state index contributed by atoms with van der Waals surface area (Å²) in [5.41, 5.74) is 1.22. The molecule has 5 nitrogen and oxygen atoms in total. The standard InChI is InChI=1S/C20H20Cl2FNO4/c1-24(11-12-3-6-18(28-2)17(23)7-12)19(25)9-14(10-20(26)27)13-4-5-15(21)16(22)8-13/h3-8,14H,9-11H2,1-2H3,(H,26,27). The van der Waals surface area contributed by atoms with Crippen molar-refractivity contribution < 1.29 is 23.8 Å². The Morgan fingerprint density at radius 3 is 2.43 bits per heavy atom. The molecule has 0 fully saturated rings. The summed E-state index contributed by atoms with van der Waals surface area (Å²) in [6.07, 6.45) is -0.256. The van der Waals surface area contributed by atoms with Gasteiger partial charge in [0.2, 0.25) is 5.91 Å². The highest BCUT2D eigenvalue weighted by Crippen LogP contribution is 2.30. The number of carbonyl (C=O) groups is 2. The first kappa shape index (κ1) is 22.0. The molecule has 0 aliphatic rings. The second-order valence-corrected chi connectivity index (χ2v) is 7.21. The molecule has 0 bridgehead atoms. The lowest BCUT2D eigenvalue weighted by molar-refractivity contribution is -0.137. The van der Waals surface area contributed by atoms with Crippen LogP contribution >= 0.6 is 23.2 Å². The maximum atomic E-state index is 13.8. The highest BCUT2D eigenvalue weighted by Gasteiger charge is 2.22. The predicted octanol–water partition coefficient (Wildman–Crippen LogP) is 4.75. The molecule has 1 amide bonds. The van der Waals surface area contributed by atoms with Crippen molar-refractivity contribution >= 4 is 35.1 Å². The van der Waals surface area contributed by atoms with Gasteiger partial charge in [0.1, 0.15) is 0 Å². The summed E-state index contributed by atoms with van der Waals surface area (Å²) in [6.45, 7) is 0.181. The number of halogens is 3. The second kappa shape index (κ2) is 9.75. The van der Waals surface area contributed by atoms with Crippen molar-refractivity contribution in [3.8, 4) is 5.75 Å². The zero-order chi connectivity index (χ0) is 20.8. The summed E-state index contributed by atoms with van der Waals surface area (Å²) in [5.74, 6) is -2.24. The molecule has 0 aromatic heterocycles. The summed E-state index contributed by atoms with van der Waals surface area (Å²) in [5, 5.41) is 9.85. The lowest BCUT2D eigenvalue weighted by Crippen LogP contribution is -2.28. The molecular weight excluding hydrogens is 408 g/mol. The molecule has 150 valence electrons. The van der Waals surface area contributed by atoms with E-state index in [0.717, 1.165) is 0 Å². The Kier molecular flexibility index (Phi) is 7.66. The topological polar surface area (TPSA) is 66.8 Å². The van der Waals surface area contributed by atoms with Crippen LogP contribution in [0.25, 0.3) is 0 Å². The molecule has 2 aromatic rings. The SMILES string of the molecule is COc1ccc(CN(C)C(=O)CC(CC(=O)O)c2ccc(Cl)c(Cl)c2)cc1F. The molecule has 1 atom stereocenters. The fourth-order valence-corrected chi connectivity index (χ4v) is 3.13. The van der Waals surface area contributed by atoms with E-state index in [1.807, 2.05) is 0 Å². The van der Waals surface area contributed by atoms with Crippen LogP contribution in [0.4, 0.5) is 4.39 Å². The minimum atomic E-state index is -1.02. The molecule has 0 saturated carbocycles. The Morgan fingerprint density at radius 1 is 1.14 bits per heavy atom. The van der Waals surface area contributed by atoms with E-state index in [0.29, 0.717) is 21.2 Å². The first-order chi connectivity index (χ1) is 13.2. The Labute approximate surface area is 172 Å². The number of amides is 1. The number of methoxy groups -OCH3 is 1. The van der Waals surface area contributed by atoms with Gasteiger partial charge < -0.3 is 14.7 Å². The molecule has 2 aromatic carbocycles. The van der Waals surface area contributed by atoms with Gasteiger partial charge in [-0.3, -0.25) is 9.59 Å². The van der Waals surface area contributed by atoms with E-state index in [-0.39, 0.29) is 31.0 Å². The largest absolute Gasteiger partial charge is 0.494 e. The Morgan fingerprint density at radius 2 is 1.86 bits per heavy atom. The van der Waals surface area contributed by atoms with Crippen LogP contribution in [0.15, 0.2) is 36.4 Å². The van der Waals surface area contributed by atoms with Crippen LogP contribution in [-0.2, 0) is 16.1 Å². The molecule has 2 rings (SSSR count). The van der Waals surface area contributed by atoms with Crippen LogP contribution in [0, 0.1) is 5.82 Å². The van der Waals surface area contributed by atoms with Gasteiger partial charge in [-0.25, -0.2) is 4.39 Å². The number of aliphatic carboxylic acids is 1. The van der Waals surface area contributed by atoms with Crippen molar-refractivity contribution in [2.45, 2.75) is 25.3 Å². The fourth-order valence-electron chi connectivity index (χ4n) is 2.82. The molecule has 1 N–H and O–H groups in total. The third-order valence-corrected chi connectivity index (χ3v) is 5.06. The smallest absolute Gasteiger partial charge is 0.303 e. The quantitative estimate of drug-likeness (QED) is 0.659. The number of carboxylic acid groups (broad SMARTS) is 1. The van der Waals surface area contributed by atoms with Crippen LogP contribution in [0.2, 0.25) is 10.0 Å².